The summed E-state index contributed by atoms with van der Waals surface area (Å²) in [4.78, 5) is 0. The van der Waals surface area contributed by atoms with E-state index < -0.39 is 0 Å². The van der Waals surface area contributed by atoms with Crippen LogP contribution in [0.1, 0.15) is 103 Å². The van der Waals surface area contributed by atoms with Crippen LogP contribution in [0.25, 0.3) is 0 Å². The molecule has 0 N–H and O–H groups in total. The summed E-state index contributed by atoms with van der Waals surface area (Å²) < 4.78 is 0. The molecule has 0 nitrogen and oxygen atoms in total. The van der Waals surface area contributed by atoms with Crippen molar-refractivity contribution in [1.82, 2.24) is 0 Å². The third-order valence-electron chi connectivity index (χ3n) is 5.53. The van der Waals surface area contributed by atoms with Crippen molar-refractivity contribution in [1.29, 1.82) is 0 Å². The standard InChI is InChI=1S/C23H34.C3H8/c1-8-9-10-11-17(2)14-19-16-21-20(15-18(19)3)22(4,5)12-13-23(21,6)7;1-3-2/h9-11,15-16H,8,12-14H2,1-7H3;3H2,1-2H3/b10-9+,17-11+;. The molecule has 26 heavy (non-hydrogen) atoms. The fourth-order valence-electron chi connectivity index (χ4n) is 3.69. The van der Waals surface area contributed by atoms with Crippen LogP contribution in [0, 0.1) is 6.92 Å². The van der Waals surface area contributed by atoms with Crippen molar-refractivity contribution in [3.63, 3.8) is 0 Å². The monoisotopic (exact) mass is 354 g/mol. The van der Waals surface area contributed by atoms with Crippen LogP contribution in [0.2, 0.25) is 0 Å². The van der Waals surface area contributed by atoms with E-state index in [1.165, 1.54) is 36.0 Å². The predicted octanol–water partition coefficient (Wildman–Crippen LogP) is 8.22. The SMILES string of the molecule is CC/C=C/C=C(\C)Cc1cc2c(cc1C)C(C)(C)CCC2(C)C.CCC. The number of aryl methyl sites for hydroxylation is 1. The average molecular weight is 355 g/mol. The third-order valence-corrected chi connectivity index (χ3v) is 5.53. The van der Waals surface area contributed by atoms with E-state index in [-0.39, 0.29) is 0 Å². The molecule has 0 heteroatoms. The maximum Gasteiger partial charge on any atom is -0.00640 e. The molecule has 0 heterocycles. The van der Waals surface area contributed by atoms with Gasteiger partial charge in [0.25, 0.3) is 0 Å². The lowest BCUT2D eigenvalue weighted by Gasteiger charge is -2.42. The molecular weight excluding hydrogens is 312 g/mol. The van der Waals surface area contributed by atoms with Crippen molar-refractivity contribution in [3.05, 3.63) is 58.2 Å². The molecule has 0 aliphatic heterocycles. The van der Waals surface area contributed by atoms with Crippen LogP contribution in [0.3, 0.4) is 0 Å². The summed E-state index contributed by atoms with van der Waals surface area (Å²) >= 11 is 0. The third kappa shape index (κ3) is 5.86. The fraction of sp³-hybridized carbons (Fsp3) is 0.615. The van der Waals surface area contributed by atoms with Crippen LogP contribution < -0.4 is 0 Å². The molecule has 146 valence electrons. The second-order valence-electron chi connectivity index (χ2n) is 9.33. The number of fused-ring (bicyclic) bond motifs is 1. The van der Waals surface area contributed by atoms with Crippen molar-refractivity contribution in [2.45, 2.75) is 105 Å². The molecule has 0 amide bonds. The van der Waals surface area contributed by atoms with Crippen molar-refractivity contribution < 1.29 is 0 Å². The molecule has 0 fully saturated rings. The van der Waals surface area contributed by atoms with E-state index in [2.05, 4.69) is 92.7 Å². The van der Waals surface area contributed by atoms with Crippen LogP contribution in [-0.4, -0.2) is 0 Å². The molecule has 1 aliphatic carbocycles. The van der Waals surface area contributed by atoms with Gasteiger partial charge in [-0.3, -0.25) is 0 Å². The molecule has 1 aromatic rings. The Labute approximate surface area is 163 Å². The topological polar surface area (TPSA) is 0 Å². The first-order valence-electron chi connectivity index (χ1n) is 10.6. The first kappa shape index (κ1) is 22.7. The zero-order chi connectivity index (χ0) is 20.0. The molecule has 0 radical (unpaired) electrons. The van der Waals surface area contributed by atoms with E-state index in [1.54, 1.807) is 11.1 Å². The fourth-order valence-corrected chi connectivity index (χ4v) is 3.69. The number of allylic oxidation sites excluding steroid dienone is 4. The minimum Gasteiger partial charge on any atom is -0.0848 e. The van der Waals surface area contributed by atoms with Crippen molar-refractivity contribution >= 4 is 0 Å². The van der Waals surface area contributed by atoms with Gasteiger partial charge in [0.15, 0.2) is 0 Å². The van der Waals surface area contributed by atoms with Gasteiger partial charge in [0.05, 0.1) is 0 Å². The van der Waals surface area contributed by atoms with Gasteiger partial charge in [0, 0.05) is 0 Å². The molecule has 0 spiro atoms. The van der Waals surface area contributed by atoms with Gasteiger partial charge in [0.1, 0.15) is 0 Å². The average Bonchev–Trinajstić information content (AvgIpc) is 2.54. The maximum atomic E-state index is 2.51. The lowest BCUT2D eigenvalue weighted by atomic mass is 9.62. The van der Waals surface area contributed by atoms with E-state index in [9.17, 15) is 0 Å². The Morgan fingerprint density at radius 1 is 0.962 bits per heavy atom. The Balaban J connectivity index is 0.00000105. The zero-order valence-electron chi connectivity index (χ0n) is 18.9. The molecule has 0 unspecified atom stereocenters. The van der Waals surface area contributed by atoms with Gasteiger partial charge in [-0.2, -0.15) is 0 Å². The number of hydrogen-bond donors (Lipinski definition) is 0. The zero-order valence-corrected chi connectivity index (χ0v) is 18.9. The minimum atomic E-state index is 0.299. The predicted molar refractivity (Wildman–Crippen MR) is 119 cm³/mol. The van der Waals surface area contributed by atoms with E-state index in [0.29, 0.717) is 10.8 Å². The highest BCUT2D eigenvalue weighted by atomic mass is 14.4. The lowest BCUT2D eigenvalue weighted by Crippen LogP contribution is -2.34. The van der Waals surface area contributed by atoms with Gasteiger partial charge >= 0.3 is 0 Å². The quantitative estimate of drug-likeness (QED) is 0.478. The Bertz CT molecular complexity index is 638. The van der Waals surface area contributed by atoms with Crippen molar-refractivity contribution in [2.24, 2.45) is 0 Å². The second-order valence-corrected chi connectivity index (χ2v) is 9.33. The van der Waals surface area contributed by atoms with Crippen LogP contribution in [0.15, 0.2) is 35.9 Å². The van der Waals surface area contributed by atoms with E-state index >= 15 is 0 Å². The molecule has 1 aromatic carbocycles. The molecule has 2 rings (SSSR count). The summed E-state index contributed by atoms with van der Waals surface area (Å²) in [6, 6.07) is 4.98. The Morgan fingerprint density at radius 3 is 1.96 bits per heavy atom. The van der Waals surface area contributed by atoms with E-state index in [0.717, 1.165) is 12.8 Å². The van der Waals surface area contributed by atoms with Crippen molar-refractivity contribution in [3.8, 4) is 0 Å². The molecule has 0 saturated heterocycles. The Hall–Kier alpha value is -1.30. The van der Waals surface area contributed by atoms with Crippen molar-refractivity contribution in [2.75, 3.05) is 0 Å². The van der Waals surface area contributed by atoms with Crippen LogP contribution in [0.5, 0.6) is 0 Å². The molecule has 0 aromatic heterocycles. The largest absolute Gasteiger partial charge is 0.0848 e. The van der Waals surface area contributed by atoms with Gasteiger partial charge in [-0.1, -0.05) is 90.8 Å². The molecule has 0 bridgehead atoms. The second kappa shape index (κ2) is 9.58. The number of benzene rings is 1. The van der Waals surface area contributed by atoms with Gasteiger partial charge in [-0.25, -0.2) is 0 Å². The minimum absolute atomic E-state index is 0.299. The summed E-state index contributed by atoms with van der Waals surface area (Å²) in [5.74, 6) is 0. The maximum absolute atomic E-state index is 2.51. The highest BCUT2D eigenvalue weighted by molar-refractivity contribution is 5.47. The number of hydrogen-bond acceptors (Lipinski definition) is 0. The first-order chi connectivity index (χ1) is 12.1. The van der Waals surface area contributed by atoms with Gasteiger partial charge < -0.3 is 0 Å². The highest BCUT2D eigenvalue weighted by Crippen LogP contribution is 2.46. The number of rotatable bonds is 4. The summed E-state index contributed by atoms with van der Waals surface area (Å²) in [5.41, 5.74) is 8.13. The van der Waals surface area contributed by atoms with Gasteiger partial charge in [-0.05, 0) is 72.6 Å². The van der Waals surface area contributed by atoms with Crippen LogP contribution in [0.4, 0.5) is 0 Å². The Morgan fingerprint density at radius 2 is 1.46 bits per heavy atom. The van der Waals surface area contributed by atoms with E-state index in [1.807, 2.05) is 0 Å². The molecule has 1 aliphatic rings. The molecule has 0 atom stereocenters. The normalized spacial score (nSPS) is 18.3. The lowest BCUT2D eigenvalue weighted by molar-refractivity contribution is 0.331. The first-order valence-corrected chi connectivity index (χ1v) is 10.6. The summed E-state index contributed by atoms with van der Waals surface area (Å²) in [6.45, 7) is 20.6. The summed E-state index contributed by atoms with van der Waals surface area (Å²) in [6.07, 6.45) is 12.6. The van der Waals surface area contributed by atoms with E-state index in [4.69, 9.17) is 0 Å². The van der Waals surface area contributed by atoms with Crippen LogP contribution >= 0.6 is 0 Å². The Kier molecular flexibility index (Phi) is 8.38. The molecule has 0 saturated carbocycles. The van der Waals surface area contributed by atoms with Gasteiger partial charge in [-0.15, -0.1) is 0 Å². The summed E-state index contributed by atoms with van der Waals surface area (Å²) in [7, 11) is 0. The highest BCUT2D eigenvalue weighted by Gasteiger charge is 2.37. The van der Waals surface area contributed by atoms with Crippen LogP contribution in [-0.2, 0) is 17.3 Å². The summed E-state index contributed by atoms with van der Waals surface area (Å²) in [5, 5.41) is 0. The van der Waals surface area contributed by atoms with Gasteiger partial charge in [0.2, 0.25) is 0 Å². The molecular formula is C26H42. The smallest absolute Gasteiger partial charge is 0.00640 e.